The van der Waals surface area contributed by atoms with E-state index in [-0.39, 0.29) is 0 Å². The second kappa shape index (κ2) is 5.23. The number of alkyl halides is 1. The minimum Gasteiger partial charge on any atom is -0.303 e. The fraction of sp³-hybridized carbons (Fsp3) is 0.250. The lowest BCUT2D eigenvalue weighted by molar-refractivity contribution is 0.620. The molecule has 0 bridgehead atoms. The van der Waals surface area contributed by atoms with E-state index >= 15 is 0 Å². The molecular weight excluding hydrogens is 346 g/mol. The molecule has 5 heteroatoms. The van der Waals surface area contributed by atoms with E-state index in [1.165, 1.54) is 0 Å². The van der Waals surface area contributed by atoms with Crippen LogP contribution in [0.25, 0.3) is 11.3 Å². The van der Waals surface area contributed by atoms with Gasteiger partial charge >= 0.3 is 0 Å². The molecule has 2 rings (SSSR count). The molecule has 0 atom stereocenters. The molecule has 0 saturated carbocycles. The molecule has 0 radical (unpaired) electrons. The topological polar surface area (TPSA) is 21.1 Å². The number of rotatable bonds is 3. The Kier molecular flexibility index (Phi) is 3.89. The lowest BCUT2D eigenvalue weighted by Crippen LogP contribution is -2.27. The molecule has 90 valence electrons. The van der Waals surface area contributed by atoms with Gasteiger partial charge in [-0.1, -0.05) is 46.3 Å². The van der Waals surface area contributed by atoms with Crippen molar-refractivity contribution in [2.24, 2.45) is 0 Å². The van der Waals surface area contributed by atoms with Crippen molar-refractivity contribution in [3.63, 3.8) is 0 Å². The van der Waals surface area contributed by atoms with Crippen LogP contribution in [-0.2, 0) is 5.33 Å². The highest BCUT2D eigenvalue weighted by Crippen LogP contribution is 2.31. The lowest BCUT2D eigenvalue weighted by atomic mass is 10.1. The standard InChI is InChI=1S/C12H13Br2N3/c1-16(2)17-10(8-13)11(14)12(15-17)9-6-4-3-5-7-9/h3-7H,8H2,1-2H3. The highest BCUT2D eigenvalue weighted by atomic mass is 79.9. The zero-order chi connectivity index (χ0) is 12.4. The third-order valence-electron chi connectivity index (χ3n) is 2.45. The molecule has 0 aliphatic heterocycles. The van der Waals surface area contributed by atoms with Gasteiger partial charge in [-0.2, -0.15) is 9.89 Å². The first kappa shape index (κ1) is 12.6. The number of hydrogen-bond acceptors (Lipinski definition) is 2. The summed E-state index contributed by atoms with van der Waals surface area (Å²) in [5.74, 6) is 0. The van der Waals surface area contributed by atoms with Crippen LogP contribution in [0.2, 0.25) is 0 Å². The first-order chi connectivity index (χ1) is 8.15. The van der Waals surface area contributed by atoms with E-state index in [0.717, 1.165) is 26.8 Å². The third kappa shape index (κ3) is 2.40. The molecule has 0 aliphatic carbocycles. The van der Waals surface area contributed by atoms with Crippen molar-refractivity contribution < 1.29 is 0 Å². The Bertz CT molecular complexity index is 506. The minimum absolute atomic E-state index is 0.756. The van der Waals surface area contributed by atoms with Gasteiger partial charge in [0.25, 0.3) is 0 Å². The van der Waals surface area contributed by atoms with Gasteiger partial charge in [-0.05, 0) is 15.9 Å². The number of nitrogens with zero attached hydrogens (tertiary/aromatic N) is 3. The first-order valence-electron chi connectivity index (χ1n) is 5.21. The van der Waals surface area contributed by atoms with E-state index in [0.29, 0.717) is 0 Å². The summed E-state index contributed by atoms with van der Waals surface area (Å²) in [7, 11) is 3.95. The predicted octanol–water partition coefficient (Wildman–Crippen LogP) is 3.41. The van der Waals surface area contributed by atoms with Crippen LogP contribution in [0.3, 0.4) is 0 Å². The summed E-state index contributed by atoms with van der Waals surface area (Å²) in [5.41, 5.74) is 3.18. The molecule has 0 saturated heterocycles. The van der Waals surface area contributed by atoms with E-state index < -0.39 is 0 Å². The SMILES string of the molecule is CN(C)n1nc(-c2ccccc2)c(Br)c1CBr. The number of aromatic nitrogens is 2. The smallest absolute Gasteiger partial charge is 0.109 e. The van der Waals surface area contributed by atoms with Crippen LogP contribution in [0.4, 0.5) is 0 Å². The minimum atomic E-state index is 0.756. The molecule has 3 nitrogen and oxygen atoms in total. The molecule has 1 heterocycles. The average Bonchev–Trinajstić information content (AvgIpc) is 2.67. The van der Waals surface area contributed by atoms with Crippen LogP contribution in [0.1, 0.15) is 5.69 Å². The van der Waals surface area contributed by atoms with Crippen LogP contribution in [-0.4, -0.2) is 24.0 Å². The van der Waals surface area contributed by atoms with E-state index in [2.05, 4.69) is 49.1 Å². The Morgan fingerprint density at radius 3 is 2.35 bits per heavy atom. The molecule has 0 spiro atoms. The molecule has 1 aromatic carbocycles. The third-order valence-corrected chi connectivity index (χ3v) is 3.81. The molecule has 0 fully saturated rings. The normalized spacial score (nSPS) is 10.6. The van der Waals surface area contributed by atoms with E-state index in [9.17, 15) is 0 Å². The number of benzene rings is 1. The van der Waals surface area contributed by atoms with Crippen LogP contribution in [0, 0.1) is 0 Å². The van der Waals surface area contributed by atoms with Gasteiger partial charge in [-0.15, -0.1) is 0 Å². The molecule has 0 unspecified atom stereocenters. The molecule has 17 heavy (non-hydrogen) atoms. The van der Waals surface area contributed by atoms with Crippen molar-refractivity contribution in [2.45, 2.75) is 5.33 Å². The number of hydrogen-bond donors (Lipinski definition) is 0. The first-order valence-corrected chi connectivity index (χ1v) is 7.13. The van der Waals surface area contributed by atoms with Crippen molar-refractivity contribution in [2.75, 3.05) is 19.1 Å². The van der Waals surface area contributed by atoms with E-state index in [1.807, 2.05) is 42.1 Å². The van der Waals surface area contributed by atoms with Crippen molar-refractivity contribution in [1.82, 2.24) is 9.89 Å². The summed E-state index contributed by atoms with van der Waals surface area (Å²) in [5, 5.41) is 7.32. The Labute approximate surface area is 118 Å². The van der Waals surface area contributed by atoms with Crippen LogP contribution >= 0.6 is 31.9 Å². The van der Waals surface area contributed by atoms with E-state index in [1.54, 1.807) is 0 Å². The zero-order valence-corrected chi connectivity index (χ0v) is 12.9. The van der Waals surface area contributed by atoms with Gasteiger partial charge in [0, 0.05) is 25.0 Å². The molecular formula is C12H13Br2N3. The second-order valence-electron chi connectivity index (χ2n) is 3.85. The quantitative estimate of drug-likeness (QED) is 0.784. The zero-order valence-electron chi connectivity index (χ0n) is 9.69. The summed E-state index contributed by atoms with van der Waals surface area (Å²) in [6, 6.07) is 10.2. The van der Waals surface area contributed by atoms with Gasteiger partial charge in [0.2, 0.25) is 0 Å². The fourth-order valence-electron chi connectivity index (χ4n) is 1.65. The summed E-state index contributed by atoms with van der Waals surface area (Å²) >= 11 is 7.12. The van der Waals surface area contributed by atoms with Crippen LogP contribution in [0.5, 0.6) is 0 Å². The van der Waals surface area contributed by atoms with Gasteiger partial charge in [0.15, 0.2) is 0 Å². The Morgan fingerprint density at radius 1 is 1.24 bits per heavy atom. The highest BCUT2D eigenvalue weighted by Gasteiger charge is 2.16. The van der Waals surface area contributed by atoms with Gasteiger partial charge in [-0.25, -0.2) is 0 Å². The maximum Gasteiger partial charge on any atom is 0.109 e. The van der Waals surface area contributed by atoms with Crippen molar-refractivity contribution in [3.05, 3.63) is 40.5 Å². The van der Waals surface area contributed by atoms with Crippen LogP contribution in [0.15, 0.2) is 34.8 Å². The molecule has 0 aliphatic rings. The summed E-state index contributed by atoms with van der Waals surface area (Å²) in [6.45, 7) is 0. The monoisotopic (exact) mass is 357 g/mol. The molecule has 0 amide bonds. The Hall–Kier alpha value is -0.810. The van der Waals surface area contributed by atoms with Crippen molar-refractivity contribution in [3.8, 4) is 11.3 Å². The second-order valence-corrected chi connectivity index (χ2v) is 5.20. The van der Waals surface area contributed by atoms with Crippen molar-refractivity contribution in [1.29, 1.82) is 0 Å². The highest BCUT2D eigenvalue weighted by molar-refractivity contribution is 9.11. The molecule has 1 aromatic heterocycles. The van der Waals surface area contributed by atoms with Gasteiger partial charge in [0.1, 0.15) is 5.69 Å². The number of halogens is 2. The van der Waals surface area contributed by atoms with Gasteiger partial charge in [0.05, 0.1) is 10.2 Å². The maximum absolute atomic E-state index is 4.62. The predicted molar refractivity (Wildman–Crippen MR) is 78.1 cm³/mol. The van der Waals surface area contributed by atoms with Crippen molar-refractivity contribution >= 4 is 31.9 Å². The Balaban J connectivity index is 2.57. The summed E-state index contributed by atoms with van der Waals surface area (Å²) in [6.07, 6.45) is 0. The average molecular weight is 359 g/mol. The van der Waals surface area contributed by atoms with Gasteiger partial charge in [-0.3, -0.25) is 0 Å². The molecule has 0 N–H and O–H groups in total. The van der Waals surface area contributed by atoms with E-state index in [4.69, 9.17) is 0 Å². The summed E-state index contributed by atoms with van der Waals surface area (Å²) in [4.78, 5) is 1.89. The lowest BCUT2D eigenvalue weighted by Gasteiger charge is -2.14. The van der Waals surface area contributed by atoms with Gasteiger partial charge < -0.3 is 5.01 Å². The molecule has 2 aromatic rings. The fourth-order valence-corrected chi connectivity index (χ4v) is 3.13. The maximum atomic E-state index is 4.62. The largest absolute Gasteiger partial charge is 0.303 e. The summed E-state index contributed by atoms with van der Waals surface area (Å²) < 4.78 is 1.04. The van der Waals surface area contributed by atoms with Crippen LogP contribution < -0.4 is 5.01 Å². The Morgan fingerprint density at radius 2 is 1.88 bits per heavy atom.